The fraction of sp³-hybridized carbons (Fsp3) is 0.600. The first-order valence-corrected chi connectivity index (χ1v) is 9.28. The van der Waals surface area contributed by atoms with Gasteiger partial charge < -0.3 is 15.3 Å². The van der Waals surface area contributed by atoms with E-state index >= 15 is 0 Å². The van der Waals surface area contributed by atoms with E-state index < -0.39 is 5.54 Å². The lowest BCUT2D eigenvalue weighted by atomic mass is 9.77. The van der Waals surface area contributed by atoms with Crippen LogP contribution < -0.4 is 10.2 Å². The molecule has 1 saturated heterocycles. The normalized spacial score (nSPS) is 27.6. The number of amides is 1. The first kappa shape index (κ1) is 17.8. The number of benzene rings is 1. The zero-order valence-electron chi connectivity index (χ0n) is 14.9. The van der Waals surface area contributed by atoms with Crippen molar-refractivity contribution in [2.45, 2.75) is 57.1 Å². The Kier molecular flexibility index (Phi) is 5.29. The van der Waals surface area contributed by atoms with Gasteiger partial charge in [-0.05, 0) is 62.3 Å². The summed E-state index contributed by atoms with van der Waals surface area (Å²) in [7, 11) is 0. The summed E-state index contributed by atoms with van der Waals surface area (Å²) >= 11 is 0. The highest BCUT2D eigenvalue weighted by Crippen LogP contribution is 2.32. The predicted octanol–water partition coefficient (Wildman–Crippen LogP) is 2.85. The van der Waals surface area contributed by atoms with E-state index in [-0.39, 0.29) is 12.0 Å². The maximum Gasteiger partial charge on any atom is 0.252 e. The van der Waals surface area contributed by atoms with Crippen LogP contribution in [-0.4, -0.2) is 35.7 Å². The molecule has 2 unspecified atom stereocenters. The lowest BCUT2D eigenvalue weighted by Gasteiger charge is -2.35. The maximum atomic E-state index is 12.6. The SMILES string of the molecule is CC1CCCC(C#N)(NC(=O)c2ccc(N3CCC(O)CC3)cc2)C1. The molecule has 2 fully saturated rings. The summed E-state index contributed by atoms with van der Waals surface area (Å²) < 4.78 is 0. The number of hydrogen-bond acceptors (Lipinski definition) is 4. The Bertz CT molecular complexity index is 644. The standard InChI is InChI=1S/C20H27N3O2/c1-15-3-2-10-20(13-15,14-21)22-19(25)16-4-6-17(7-5-16)23-11-8-18(24)9-12-23/h4-7,15,18,24H,2-3,8-13H2,1H3,(H,22,25). The van der Waals surface area contributed by atoms with Crippen LogP contribution in [0.15, 0.2) is 24.3 Å². The van der Waals surface area contributed by atoms with Gasteiger partial charge in [-0.2, -0.15) is 5.26 Å². The van der Waals surface area contributed by atoms with E-state index in [1.165, 1.54) is 0 Å². The highest BCUT2D eigenvalue weighted by Gasteiger charge is 2.36. The summed E-state index contributed by atoms with van der Waals surface area (Å²) in [5, 5.41) is 22.2. The predicted molar refractivity (Wildman–Crippen MR) is 97.3 cm³/mol. The van der Waals surface area contributed by atoms with E-state index in [1.807, 2.05) is 24.3 Å². The smallest absolute Gasteiger partial charge is 0.252 e. The van der Waals surface area contributed by atoms with Crippen molar-refractivity contribution in [1.29, 1.82) is 5.26 Å². The van der Waals surface area contributed by atoms with Gasteiger partial charge in [-0.25, -0.2) is 0 Å². The molecule has 1 saturated carbocycles. The quantitative estimate of drug-likeness (QED) is 0.886. The van der Waals surface area contributed by atoms with E-state index in [4.69, 9.17) is 0 Å². The van der Waals surface area contributed by atoms with E-state index in [9.17, 15) is 15.2 Å². The lowest BCUT2D eigenvalue weighted by molar-refractivity contribution is 0.0890. The molecule has 3 rings (SSSR count). The first-order chi connectivity index (χ1) is 12.0. The van der Waals surface area contributed by atoms with Gasteiger partial charge in [-0.1, -0.05) is 13.3 Å². The number of hydrogen-bond donors (Lipinski definition) is 2. The Morgan fingerprint density at radius 2 is 1.96 bits per heavy atom. The Morgan fingerprint density at radius 3 is 2.56 bits per heavy atom. The van der Waals surface area contributed by atoms with E-state index in [0.717, 1.165) is 57.3 Å². The van der Waals surface area contributed by atoms with Gasteiger partial charge in [0.25, 0.3) is 5.91 Å². The van der Waals surface area contributed by atoms with Crippen LogP contribution in [-0.2, 0) is 0 Å². The van der Waals surface area contributed by atoms with Crippen LogP contribution in [0, 0.1) is 17.2 Å². The topological polar surface area (TPSA) is 76.4 Å². The van der Waals surface area contributed by atoms with E-state index in [2.05, 4.69) is 23.2 Å². The number of rotatable bonds is 3. The van der Waals surface area contributed by atoms with Crippen molar-refractivity contribution in [2.75, 3.05) is 18.0 Å². The molecule has 0 aromatic heterocycles. The number of piperidine rings is 1. The third-order valence-corrected chi connectivity index (χ3v) is 5.52. The summed E-state index contributed by atoms with van der Waals surface area (Å²) in [4.78, 5) is 14.8. The number of nitriles is 1. The van der Waals surface area contributed by atoms with Gasteiger partial charge in [0.15, 0.2) is 0 Å². The number of aliphatic hydroxyl groups is 1. The highest BCUT2D eigenvalue weighted by molar-refractivity contribution is 5.95. The summed E-state index contributed by atoms with van der Waals surface area (Å²) in [5.74, 6) is 0.293. The lowest BCUT2D eigenvalue weighted by Crippen LogP contribution is -2.50. The van der Waals surface area contributed by atoms with Gasteiger partial charge >= 0.3 is 0 Å². The molecule has 1 amide bonds. The Labute approximate surface area is 149 Å². The van der Waals surface area contributed by atoms with E-state index in [0.29, 0.717) is 11.5 Å². The van der Waals surface area contributed by atoms with Crippen LogP contribution in [0.3, 0.4) is 0 Å². The number of anilines is 1. The van der Waals surface area contributed by atoms with Gasteiger partial charge in [0.1, 0.15) is 5.54 Å². The summed E-state index contributed by atoms with van der Waals surface area (Å²) in [5.41, 5.74) is 0.939. The van der Waals surface area contributed by atoms with Crippen molar-refractivity contribution in [3.63, 3.8) is 0 Å². The largest absolute Gasteiger partial charge is 0.393 e. The molecule has 2 N–H and O–H groups in total. The molecule has 0 radical (unpaired) electrons. The van der Waals surface area contributed by atoms with E-state index in [1.54, 1.807) is 0 Å². The molecule has 134 valence electrons. The monoisotopic (exact) mass is 341 g/mol. The van der Waals surface area contributed by atoms with Crippen LogP contribution >= 0.6 is 0 Å². The first-order valence-electron chi connectivity index (χ1n) is 9.28. The third-order valence-electron chi connectivity index (χ3n) is 5.52. The van der Waals surface area contributed by atoms with Crippen LogP contribution in [0.1, 0.15) is 55.8 Å². The second-order valence-electron chi connectivity index (χ2n) is 7.61. The molecule has 2 aliphatic rings. The maximum absolute atomic E-state index is 12.6. The van der Waals surface area contributed by atoms with Crippen molar-refractivity contribution in [2.24, 2.45) is 5.92 Å². The minimum atomic E-state index is -0.726. The van der Waals surface area contributed by atoms with Gasteiger partial charge in [0.05, 0.1) is 12.2 Å². The average Bonchev–Trinajstić information content (AvgIpc) is 2.62. The highest BCUT2D eigenvalue weighted by atomic mass is 16.3. The molecule has 5 nitrogen and oxygen atoms in total. The van der Waals surface area contributed by atoms with Crippen molar-refractivity contribution in [3.8, 4) is 6.07 Å². The van der Waals surface area contributed by atoms with Crippen molar-refractivity contribution in [3.05, 3.63) is 29.8 Å². The molecule has 0 bridgehead atoms. The number of carbonyl (C=O) groups is 1. The van der Waals surface area contributed by atoms with Gasteiger partial charge in [-0.15, -0.1) is 0 Å². The number of nitrogens with one attached hydrogen (secondary N) is 1. The second kappa shape index (κ2) is 7.45. The number of aliphatic hydroxyl groups excluding tert-OH is 1. The fourth-order valence-corrected chi connectivity index (χ4v) is 4.03. The van der Waals surface area contributed by atoms with Gasteiger partial charge in [0.2, 0.25) is 0 Å². The van der Waals surface area contributed by atoms with Crippen LogP contribution in [0.25, 0.3) is 0 Å². The van der Waals surface area contributed by atoms with Crippen LogP contribution in [0.4, 0.5) is 5.69 Å². The van der Waals surface area contributed by atoms with Crippen molar-refractivity contribution >= 4 is 11.6 Å². The fourth-order valence-electron chi connectivity index (χ4n) is 4.03. The molecule has 5 heteroatoms. The Hall–Kier alpha value is -2.06. The van der Waals surface area contributed by atoms with Gasteiger partial charge in [0, 0.05) is 24.3 Å². The molecular weight excluding hydrogens is 314 g/mol. The third kappa shape index (κ3) is 4.13. The van der Waals surface area contributed by atoms with Crippen LogP contribution in [0.5, 0.6) is 0 Å². The molecule has 0 spiro atoms. The minimum absolute atomic E-state index is 0.170. The molecule has 1 aliphatic heterocycles. The molecule has 1 aromatic carbocycles. The summed E-state index contributed by atoms with van der Waals surface area (Å²) in [6.07, 6.45) is 4.93. The summed E-state index contributed by atoms with van der Waals surface area (Å²) in [6, 6.07) is 9.91. The zero-order chi connectivity index (χ0) is 17.9. The molecule has 1 aromatic rings. The van der Waals surface area contributed by atoms with Crippen LogP contribution in [0.2, 0.25) is 0 Å². The Morgan fingerprint density at radius 1 is 1.28 bits per heavy atom. The number of nitrogens with zero attached hydrogens (tertiary/aromatic N) is 2. The molecule has 1 aliphatic carbocycles. The van der Waals surface area contributed by atoms with Crippen molar-refractivity contribution < 1.29 is 9.90 Å². The average molecular weight is 341 g/mol. The molecular formula is C20H27N3O2. The Balaban J connectivity index is 1.65. The van der Waals surface area contributed by atoms with Crippen molar-refractivity contribution in [1.82, 2.24) is 5.32 Å². The number of carbonyl (C=O) groups excluding carboxylic acids is 1. The molecule has 25 heavy (non-hydrogen) atoms. The summed E-state index contributed by atoms with van der Waals surface area (Å²) in [6.45, 7) is 3.81. The molecule has 1 heterocycles. The minimum Gasteiger partial charge on any atom is -0.393 e. The van der Waals surface area contributed by atoms with Gasteiger partial charge in [-0.3, -0.25) is 4.79 Å². The second-order valence-corrected chi connectivity index (χ2v) is 7.61. The zero-order valence-corrected chi connectivity index (χ0v) is 14.9. The molecule has 2 atom stereocenters.